The van der Waals surface area contributed by atoms with Gasteiger partial charge in [0.1, 0.15) is 5.82 Å². The quantitative estimate of drug-likeness (QED) is 0.562. The highest BCUT2D eigenvalue weighted by Crippen LogP contribution is 2.34. The molecule has 0 aliphatic carbocycles. The van der Waals surface area contributed by atoms with Crippen LogP contribution in [0.25, 0.3) is 10.9 Å². The van der Waals surface area contributed by atoms with Gasteiger partial charge in [-0.2, -0.15) is 0 Å². The fourth-order valence-electron chi connectivity index (χ4n) is 5.22. The molecule has 3 aromatic rings. The summed E-state index contributed by atoms with van der Waals surface area (Å²) in [6, 6.07) is 8.53. The van der Waals surface area contributed by atoms with Gasteiger partial charge in [-0.1, -0.05) is 6.07 Å². The van der Waals surface area contributed by atoms with Crippen LogP contribution in [0.15, 0.2) is 35.1 Å². The molecular formula is C27H34FN5O3. The van der Waals surface area contributed by atoms with Crippen LogP contribution >= 0.6 is 0 Å². The number of hydrogen-bond acceptors (Lipinski definition) is 7. The predicted octanol–water partition coefficient (Wildman–Crippen LogP) is 3.35. The second-order valence-corrected chi connectivity index (χ2v) is 9.87. The Kier molecular flexibility index (Phi) is 6.85. The monoisotopic (exact) mass is 495 g/mol. The highest BCUT2D eigenvalue weighted by atomic mass is 19.1. The van der Waals surface area contributed by atoms with E-state index in [-0.39, 0.29) is 23.5 Å². The molecular weight excluding hydrogens is 461 g/mol. The fraction of sp³-hybridized carbons (Fsp3) is 0.481. The largest absolute Gasteiger partial charge is 0.393 e. The van der Waals surface area contributed by atoms with Crippen LogP contribution in [0.2, 0.25) is 0 Å². The molecule has 2 aromatic carbocycles. The highest BCUT2D eigenvalue weighted by Gasteiger charge is 2.23. The average Bonchev–Trinajstić information content (AvgIpc) is 2.88. The summed E-state index contributed by atoms with van der Waals surface area (Å²) in [6.45, 7) is 7.93. The maximum Gasteiger partial charge on any atom is 0.262 e. The number of hydrogen-bond donors (Lipinski definition) is 2. The molecule has 0 bridgehead atoms. The van der Waals surface area contributed by atoms with Crippen molar-refractivity contribution >= 4 is 28.2 Å². The molecule has 5 rings (SSSR count). The second kappa shape index (κ2) is 10.1. The number of aromatic nitrogens is 2. The first-order chi connectivity index (χ1) is 17.3. The molecule has 9 heteroatoms. The minimum Gasteiger partial charge on any atom is -0.393 e. The molecule has 0 amide bonds. The molecule has 2 N–H and O–H groups in total. The van der Waals surface area contributed by atoms with Gasteiger partial charge in [-0.15, -0.1) is 0 Å². The van der Waals surface area contributed by atoms with Crippen LogP contribution < -0.4 is 20.7 Å². The van der Waals surface area contributed by atoms with Crippen molar-refractivity contribution in [1.29, 1.82) is 0 Å². The van der Waals surface area contributed by atoms with Gasteiger partial charge in [0, 0.05) is 38.8 Å². The smallest absolute Gasteiger partial charge is 0.262 e. The van der Waals surface area contributed by atoms with Gasteiger partial charge in [-0.3, -0.25) is 9.36 Å². The zero-order valence-electron chi connectivity index (χ0n) is 21.1. The van der Waals surface area contributed by atoms with Crippen molar-refractivity contribution < 1.29 is 14.2 Å². The Hall–Kier alpha value is -3.17. The van der Waals surface area contributed by atoms with Crippen LogP contribution in [0.4, 0.5) is 21.7 Å². The highest BCUT2D eigenvalue weighted by molar-refractivity contribution is 5.84. The average molecular weight is 496 g/mol. The van der Waals surface area contributed by atoms with E-state index in [1.54, 1.807) is 23.7 Å². The van der Waals surface area contributed by atoms with Crippen molar-refractivity contribution in [3.8, 4) is 0 Å². The lowest BCUT2D eigenvalue weighted by molar-refractivity contribution is 0.121. The number of halogens is 1. The van der Waals surface area contributed by atoms with Gasteiger partial charge in [-0.05, 0) is 56.5 Å². The number of ether oxygens (including phenoxy) is 1. The lowest BCUT2D eigenvalue weighted by Crippen LogP contribution is -2.40. The van der Waals surface area contributed by atoms with Gasteiger partial charge < -0.3 is 25.0 Å². The number of fused-ring (bicyclic) bond motifs is 1. The van der Waals surface area contributed by atoms with Crippen molar-refractivity contribution in [1.82, 2.24) is 9.55 Å². The van der Waals surface area contributed by atoms with E-state index in [9.17, 15) is 14.3 Å². The van der Waals surface area contributed by atoms with Crippen molar-refractivity contribution in [3.63, 3.8) is 0 Å². The first-order valence-corrected chi connectivity index (χ1v) is 12.6. The molecule has 2 saturated heterocycles. The van der Waals surface area contributed by atoms with Crippen molar-refractivity contribution in [2.75, 3.05) is 54.5 Å². The number of benzene rings is 2. The molecule has 2 aliphatic rings. The van der Waals surface area contributed by atoms with E-state index in [0.717, 1.165) is 22.5 Å². The third-order valence-corrected chi connectivity index (χ3v) is 7.23. The zero-order chi connectivity index (χ0) is 25.4. The van der Waals surface area contributed by atoms with Gasteiger partial charge in [0.25, 0.3) is 5.56 Å². The Morgan fingerprint density at radius 1 is 1.11 bits per heavy atom. The Morgan fingerprint density at radius 3 is 2.56 bits per heavy atom. The van der Waals surface area contributed by atoms with E-state index in [1.807, 2.05) is 19.9 Å². The number of rotatable bonds is 5. The summed E-state index contributed by atoms with van der Waals surface area (Å²) < 4.78 is 21.3. The van der Waals surface area contributed by atoms with Crippen LogP contribution in [0.3, 0.4) is 0 Å². The predicted molar refractivity (Wildman–Crippen MR) is 141 cm³/mol. The number of aliphatic hydroxyl groups is 1. The van der Waals surface area contributed by atoms with E-state index >= 15 is 0 Å². The Balaban J connectivity index is 1.54. The molecule has 0 saturated carbocycles. The molecule has 192 valence electrons. The summed E-state index contributed by atoms with van der Waals surface area (Å²) in [6.07, 6.45) is 1.01. The summed E-state index contributed by atoms with van der Waals surface area (Å²) in [5, 5.41) is 14.1. The Bertz CT molecular complexity index is 1310. The van der Waals surface area contributed by atoms with E-state index < -0.39 is 0 Å². The number of anilines is 3. The molecule has 1 atom stereocenters. The number of aliphatic hydroxyl groups excluding tert-OH is 1. The van der Waals surface area contributed by atoms with Gasteiger partial charge in [-0.25, -0.2) is 9.37 Å². The second-order valence-electron chi connectivity index (χ2n) is 9.87. The van der Waals surface area contributed by atoms with Crippen molar-refractivity contribution in [2.24, 2.45) is 7.05 Å². The molecule has 3 heterocycles. The lowest BCUT2D eigenvalue weighted by atomic mass is 10.0. The zero-order valence-corrected chi connectivity index (χ0v) is 21.1. The van der Waals surface area contributed by atoms with Gasteiger partial charge in [0.15, 0.2) is 0 Å². The first kappa shape index (κ1) is 24.5. The number of aryl methyl sites for hydroxylation is 1. The van der Waals surface area contributed by atoms with Gasteiger partial charge in [0.2, 0.25) is 5.95 Å². The maximum absolute atomic E-state index is 14.2. The van der Waals surface area contributed by atoms with Crippen LogP contribution in [-0.2, 0) is 11.8 Å². The van der Waals surface area contributed by atoms with Crippen LogP contribution in [-0.4, -0.2) is 60.2 Å². The molecule has 8 nitrogen and oxygen atoms in total. The van der Waals surface area contributed by atoms with Gasteiger partial charge in [0.05, 0.1) is 47.6 Å². The van der Waals surface area contributed by atoms with E-state index in [4.69, 9.17) is 9.72 Å². The lowest BCUT2D eigenvalue weighted by Gasteiger charge is -2.33. The molecule has 36 heavy (non-hydrogen) atoms. The molecule has 2 fully saturated rings. The van der Waals surface area contributed by atoms with Crippen molar-refractivity contribution in [2.45, 2.75) is 38.8 Å². The summed E-state index contributed by atoms with van der Waals surface area (Å²) in [7, 11) is 1.77. The van der Waals surface area contributed by atoms with E-state index in [1.165, 1.54) is 6.07 Å². The third-order valence-electron chi connectivity index (χ3n) is 7.23. The Labute approximate surface area is 210 Å². The molecule has 1 aromatic heterocycles. The summed E-state index contributed by atoms with van der Waals surface area (Å²) >= 11 is 0. The molecule has 0 spiro atoms. The van der Waals surface area contributed by atoms with Crippen LogP contribution in [0, 0.1) is 12.7 Å². The standard InChI is InChI=1S/C27H34FN5O3/c1-17-14-21(25-22(15-17)26(35)31(3)27(30-25)33-10-12-36-13-11-33)18(2)29-23-5-4-19(28)16-24(23)32-8-6-20(34)7-9-32/h4-5,14-16,18,20,29,34H,6-13H2,1-3H3/t18-/m1/s1. The summed E-state index contributed by atoms with van der Waals surface area (Å²) in [5.74, 6) is 0.345. The number of nitrogens with zero attached hydrogens (tertiary/aromatic N) is 4. The van der Waals surface area contributed by atoms with E-state index in [0.29, 0.717) is 69.1 Å². The topological polar surface area (TPSA) is 82.9 Å². The molecule has 0 unspecified atom stereocenters. The number of nitrogens with one attached hydrogen (secondary N) is 1. The van der Waals surface area contributed by atoms with Crippen LogP contribution in [0.1, 0.15) is 36.9 Å². The molecule has 0 radical (unpaired) electrons. The SMILES string of the molecule is Cc1cc([C@@H](C)Nc2ccc(F)cc2N2CCC(O)CC2)c2nc(N3CCOCC3)n(C)c(=O)c2c1. The maximum atomic E-state index is 14.2. The summed E-state index contributed by atoms with van der Waals surface area (Å²) in [4.78, 5) is 22.6. The summed E-state index contributed by atoms with van der Waals surface area (Å²) in [5.41, 5.74) is 4.09. The third kappa shape index (κ3) is 4.77. The van der Waals surface area contributed by atoms with Gasteiger partial charge >= 0.3 is 0 Å². The number of piperidine rings is 1. The minimum atomic E-state index is -0.307. The number of morpholine rings is 1. The van der Waals surface area contributed by atoms with E-state index in [2.05, 4.69) is 21.2 Å². The van der Waals surface area contributed by atoms with Crippen molar-refractivity contribution in [3.05, 3.63) is 57.6 Å². The Morgan fingerprint density at radius 2 is 1.83 bits per heavy atom. The van der Waals surface area contributed by atoms with Crippen LogP contribution in [0.5, 0.6) is 0 Å². The molecule has 2 aliphatic heterocycles. The minimum absolute atomic E-state index is 0.0759. The first-order valence-electron chi connectivity index (χ1n) is 12.6. The normalized spacial score (nSPS) is 18.0. The fourth-order valence-corrected chi connectivity index (χ4v) is 5.22.